The monoisotopic (exact) mass is 401 g/mol. The third-order valence-electron chi connectivity index (χ3n) is 4.05. The van der Waals surface area contributed by atoms with E-state index in [1.54, 1.807) is 13.8 Å². The van der Waals surface area contributed by atoms with Crippen LogP contribution in [0.4, 0.5) is 13.2 Å². The van der Waals surface area contributed by atoms with Crippen LogP contribution in [0.5, 0.6) is 5.75 Å². The van der Waals surface area contributed by atoms with Crippen molar-refractivity contribution in [1.29, 1.82) is 0 Å². The van der Waals surface area contributed by atoms with E-state index in [0.717, 1.165) is 30.5 Å². The second-order valence-electron chi connectivity index (χ2n) is 6.79. The molecule has 0 radical (unpaired) electrons. The van der Waals surface area contributed by atoms with E-state index in [-0.39, 0.29) is 12.4 Å². The number of ether oxygens (including phenoxy) is 2. The van der Waals surface area contributed by atoms with Gasteiger partial charge in [-0.05, 0) is 51.4 Å². The highest BCUT2D eigenvalue weighted by Crippen LogP contribution is 2.37. The van der Waals surface area contributed by atoms with Crippen molar-refractivity contribution in [2.75, 3.05) is 26.8 Å². The molecule has 0 aromatic heterocycles. The molecular formula is C20H26F3NO4. The number of benzene rings is 1. The number of rotatable bonds is 5. The van der Waals surface area contributed by atoms with Crippen molar-refractivity contribution in [1.82, 2.24) is 5.32 Å². The molecule has 5 nitrogen and oxygen atoms in total. The molecule has 0 amide bonds. The van der Waals surface area contributed by atoms with Gasteiger partial charge in [0.1, 0.15) is 18.6 Å². The maximum atomic E-state index is 13.0. The maximum Gasteiger partial charge on any atom is 0.416 e. The lowest BCUT2D eigenvalue weighted by Gasteiger charge is -2.24. The minimum Gasteiger partial charge on any atom is -0.492 e. The molecule has 8 heteroatoms. The largest absolute Gasteiger partial charge is 0.492 e. The molecule has 0 saturated heterocycles. The zero-order valence-corrected chi connectivity index (χ0v) is 16.5. The number of aldehydes is 1. The SMILES string of the molecule is CC=O.COC(=O)C(C)(C)COc1cc(C(F)(F)F)ccc1C1=CCNCC1. The molecule has 28 heavy (non-hydrogen) atoms. The zero-order valence-electron chi connectivity index (χ0n) is 16.5. The Bertz CT molecular complexity index is 712. The molecule has 0 fully saturated rings. The molecule has 0 aliphatic carbocycles. The first-order valence-electron chi connectivity index (χ1n) is 8.79. The summed E-state index contributed by atoms with van der Waals surface area (Å²) >= 11 is 0. The van der Waals surface area contributed by atoms with E-state index in [9.17, 15) is 18.0 Å². The summed E-state index contributed by atoms with van der Waals surface area (Å²) in [4.78, 5) is 20.6. The number of carbonyl (C=O) groups excluding carboxylic acids is 2. The highest BCUT2D eigenvalue weighted by atomic mass is 19.4. The van der Waals surface area contributed by atoms with Crippen LogP contribution in [0.3, 0.4) is 0 Å². The molecule has 1 aromatic rings. The minimum atomic E-state index is -4.46. The molecule has 1 aliphatic heterocycles. The number of alkyl halides is 3. The standard InChI is InChI=1S/C18H22F3NO3.C2H4O/c1-17(2,16(23)24-3)11-25-15-10-13(18(19,20)21)4-5-14(15)12-6-8-22-9-7-12;1-2-3/h4-6,10,22H,7-9,11H2,1-3H3;2H,1H3. The van der Waals surface area contributed by atoms with Gasteiger partial charge in [0.25, 0.3) is 0 Å². The lowest BCUT2D eigenvalue weighted by atomic mass is 9.94. The topological polar surface area (TPSA) is 64.6 Å². The fraction of sp³-hybridized carbons (Fsp3) is 0.500. The van der Waals surface area contributed by atoms with Gasteiger partial charge in [0, 0.05) is 12.1 Å². The van der Waals surface area contributed by atoms with Gasteiger partial charge in [0.15, 0.2) is 0 Å². The van der Waals surface area contributed by atoms with Crippen LogP contribution >= 0.6 is 0 Å². The summed E-state index contributed by atoms with van der Waals surface area (Å²) in [7, 11) is 1.26. The van der Waals surface area contributed by atoms with Crippen LogP contribution in [0.15, 0.2) is 24.3 Å². The van der Waals surface area contributed by atoms with Gasteiger partial charge in [-0.2, -0.15) is 13.2 Å². The average Bonchev–Trinajstić information content (AvgIpc) is 2.66. The quantitative estimate of drug-likeness (QED) is 0.600. The van der Waals surface area contributed by atoms with Gasteiger partial charge < -0.3 is 19.6 Å². The Hall–Kier alpha value is -2.35. The van der Waals surface area contributed by atoms with Crippen molar-refractivity contribution in [3.05, 3.63) is 35.4 Å². The van der Waals surface area contributed by atoms with E-state index in [1.807, 2.05) is 6.08 Å². The number of methoxy groups -OCH3 is 1. The first kappa shape index (κ1) is 23.7. The van der Waals surface area contributed by atoms with Gasteiger partial charge in [-0.1, -0.05) is 12.1 Å². The number of nitrogens with one attached hydrogen (secondary N) is 1. The van der Waals surface area contributed by atoms with Crippen LogP contribution in [0, 0.1) is 5.41 Å². The Morgan fingerprint density at radius 1 is 1.29 bits per heavy atom. The first-order chi connectivity index (χ1) is 13.1. The molecule has 0 atom stereocenters. The average molecular weight is 401 g/mol. The zero-order chi connectivity index (χ0) is 21.4. The van der Waals surface area contributed by atoms with Crippen LogP contribution in [0.1, 0.15) is 38.3 Å². The smallest absolute Gasteiger partial charge is 0.416 e. The number of esters is 1. The van der Waals surface area contributed by atoms with Gasteiger partial charge in [0.05, 0.1) is 18.1 Å². The second kappa shape index (κ2) is 10.3. The summed E-state index contributed by atoms with van der Waals surface area (Å²) in [6, 6.07) is 3.47. The summed E-state index contributed by atoms with van der Waals surface area (Å²) in [6.45, 7) is 6.01. The van der Waals surface area contributed by atoms with Gasteiger partial charge >= 0.3 is 12.1 Å². The lowest BCUT2D eigenvalue weighted by Crippen LogP contribution is -2.32. The Labute approximate surface area is 162 Å². The van der Waals surface area contributed by atoms with E-state index in [2.05, 4.69) is 5.32 Å². The van der Waals surface area contributed by atoms with E-state index < -0.39 is 23.1 Å². The van der Waals surface area contributed by atoms with E-state index >= 15 is 0 Å². The molecule has 0 unspecified atom stereocenters. The molecule has 1 heterocycles. The number of hydrogen-bond donors (Lipinski definition) is 1. The van der Waals surface area contributed by atoms with Gasteiger partial charge in [-0.25, -0.2) is 0 Å². The van der Waals surface area contributed by atoms with Gasteiger partial charge in [-0.15, -0.1) is 0 Å². The van der Waals surface area contributed by atoms with Crippen molar-refractivity contribution in [2.45, 2.75) is 33.4 Å². The van der Waals surface area contributed by atoms with E-state index in [4.69, 9.17) is 14.3 Å². The number of carbonyl (C=O) groups is 2. The van der Waals surface area contributed by atoms with Crippen LogP contribution in [0.2, 0.25) is 0 Å². The molecule has 0 spiro atoms. The molecule has 0 bridgehead atoms. The highest BCUT2D eigenvalue weighted by molar-refractivity contribution is 5.76. The number of halogens is 3. The minimum absolute atomic E-state index is 0.0838. The van der Waals surface area contributed by atoms with Crippen molar-refractivity contribution < 1.29 is 32.2 Å². The third kappa shape index (κ3) is 6.67. The van der Waals surface area contributed by atoms with Crippen LogP contribution in [-0.4, -0.2) is 39.1 Å². The van der Waals surface area contributed by atoms with Crippen molar-refractivity contribution in [3.8, 4) is 5.75 Å². The molecule has 0 saturated carbocycles. The summed E-state index contributed by atoms with van der Waals surface area (Å²) in [5.41, 5.74) is -0.201. The molecule has 156 valence electrons. The first-order valence-corrected chi connectivity index (χ1v) is 8.79. The Kier molecular flexibility index (Phi) is 8.68. The number of hydrogen-bond acceptors (Lipinski definition) is 5. The summed E-state index contributed by atoms with van der Waals surface area (Å²) in [6.07, 6.45) is -1.08. The predicted octanol–water partition coefficient (Wildman–Crippen LogP) is 3.87. The van der Waals surface area contributed by atoms with E-state index in [1.165, 1.54) is 20.1 Å². The van der Waals surface area contributed by atoms with Crippen LogP contribution in [-0.2, 0) is 20.5 Å². The Balaban J connectivity index is 0.00000122. The predicted molar refractivity (Wildman–Crippen MR) is 99.9 cm³/mol. The maximum absolute atomic E-state index is 13.0. The fourth-order valence-electron chi connectivity index (χ4n) is 2.54. The highest BCUT2D eigenvalue weighted by Gasteiger charge is 2.33. The van der Waals surface area contributed by atoms with Gasteiger partial charge in [0.2, 0.25) is 0 Å². The molecular weight excluding hydrogens is 375 g/mol. The molecule has 2 rings (SSSR count). The summed E-state index contributed by atoms with van der Waals surface area (Å²) in [5, 5.41) is 3.16. The van der Waals surface area contributed by atoms with Crippen molar-refractivity contribution >= 4 is 17.8 Å². The molecule has 1 aromatic carbocycles. The normalized spacial score (nSPS) is 14.3. The second-order valence-corrected chi connectivity index (χ2v) is 6.79. The Morgan fingerprint density at radius 2 is 1.93 bits per heavy atom. The van der Waals surface area contributed by atoms with Crippen molar-refractivity contribution in [3.63, 3.8) is 0 Å². The van der Waals surface area contributed by atoms with E-state index in [0.29, 0.717) is 18.5 Å². The molecule has 1 N–H and O–H groups in total. The van der Waals surface area contributed by atoms with Gasteiger partial charge in [-0.3, -0.25) is 4.79 Å². The lowest BCUT2D eigenvalue weighted by molar-refractivity contribution is -0.152. The van der Waals surface area contributed by atoms with Crippen LogP contribution < -0.4 is 10.1 Å². The third-order valence-corrected chi connectivity index (χ3v) is 4.05. The summed E-state index contributed by atoms with van der Waals surface area (Å²) < 4.78 is 49.5. The summed E-state index contributed by atoms with van der Waals surface area (Å²) in [5.74, 6) is -0.359. The molecule has 1 aliphatic rings. The van der Waals surface area contributed by atoms with Crippen LogP contribution in [0.25, 0.3) is 5.57 Å². The fourth-order valence-corrected chi connectivity index (χ4v) is 2.54. The Morgan fingerprint density at radius 3 is 2.43 bits per heavy atom. The van der Waals surface area contributed by atoms with Crippen molar-refractivity contribution in [2.24, 2.45) is 5.41 Å².